The summed E-state index contributed by atoms with van der Waals surface area (Å²) in [6, 6.07) is 7.54. The molecule has 0 saturated carbocycles. The average molecular weight is 346 g/mol. The van der Waals surface area contributed by atoms with Crippen LogP contribution < -0.4 is 10.6 Å². The van der Waals surface area contributed by atoms with E-state index in [0.717, 1.165) is 50.4 Å². The molecule has 0 bridgehead atoms. The summed E-state index contributed by atoms with van der Waals surface area (Å²) < 4.78 is 0. The fourth-order valence-electron chi connectivity index (χ4n) is 3.01. The summed E-state index contributed by atoms with van der Waals surface area (Å²) in [6.45, 7) is 11.1. The Morgan fingerprint density at radius 1 is 1.08 bits per heavy atom. The zero-order valence-corrected chi connectivity index (χ0v) is 15.5. The van der Waals surface area contributed by atoms with Crippen molar-refractivity contribution < 1.29 is 9.59 Å². The molecule has 0 unspecified atom stereocenters. The van der Waals surface area contributed by atoms with Crippen LogP contribution in [0.15, 0.2) is 24.3 Å². The Morgan fingerprint density at radius 2 is 1.80 bits per heavy atom. The first-order valence-corrected chi connectivity index (χ1v) is 9.05. The van der Waals surface area contributed by atoms with Crippen LogP contribution >= 0.6 is 0 Å². The van der Waals surface area contributed by atoms with Crippen LogP contribution in [0.5, 0.6) is 0 Å². The normalized spacial score (nSPS) is 15.8. The van der Waals surface area contributed by atoms with Crippen molar-refractivity contribution in [3.8, 4) is 0 Å². The highest BCUT2D eigenvalue weighted by molar-refractivity contribution is 5.89. The van der Waals surface area contributed by atoms with Gasteiger partial charge in [0.15, 0.2) is 0 Å². The number of nitrogens with zero attached hydrogens (tertiary/aromatic N) is 2. The van der Waals surface area contributed by atoms with Crippen molar-refractivity contribution in [2.45, 2.75) is 33.7 Å². The predicted molar refractivity (Wildman–Crippen MR) is 100 cm³/mol. The van der Waals surface area contributed by atoms with Crippen molar-refractivity contribution in [3.05, 3.63) is 29.8 Å². The fraction of sp³-hybridized carbons (Fsp3) is 0.579. The standard InChI is InChI=1S/C19H30N4O2/c1-15(2)14-22-9-4-10-23(12-11-22)19(25)21-18-7-5-17(6-8-18)13-20-16(3)24/h5-8,15H,4,9-14H2,1-3H3,(H,20,24)(H,21,25). The van der Waals surface area contributed by atoms with Gasteiger partial charge in [0.05, 0.1) is 0 Å². The summed E-state index contributed by atoms with van der Waals surface area (Å²) in [5, 5.41) is 5.73. The smallest absolute Gasteiger partial charge is 0.321 e. The second kappa shape index (κ2) is 9.42. The Morgan fingerprint density at radius 3 is 2.44 bits per heavy atom. The maximum absolute atomic E-state index is 12.5. The molecule has 25 heavy (non-hydrogen) atoms. The van der Waals surface area contributed by atoms with Gasteiger partial charge in [-0.15, -0.1) is 0 Å². The Kier molecular flexibility index (Phi) is 7.25. The average Bonchev–Trinajstić information content (AvgIpc) is 2.79. The number of anilines is 1. The third kappa shape index (κ3) is 6.74. The minimum atomic E-state index is -0.0509. The predicted octanol–water partition coefficient (Wildman–Crippen LogP) is 2.52. The molecule has 138 valence electrons. The number of rotatable bonds is 5. The van der Waals surface area contributed by atoms with Crippen molar-refractivity contribution in [1.82, 2.24) is 15.1 Å². The summed E-state index contributed by atoms with van der Waals surface area (Å²) in [5.41, 5.74) is 1.78. The first kappa shape index (κ1) is 19.2. The molecule has 0 aromatic heterocycles. The highest BCUT2D eigenvalue weighted by Gasteiger charge is 2.19. The van der Waals surface area contributed by atoms with Crippen molar-refractivity contribution >= 4 is 17.6 Å². The van der Waals surface area contributed by atoms with Crippen LogP contribution in [0.1, 0.15) is 32.8 Å². The number of carbonyl (C=O) groups is 2. The maximum atomic E-state index is 12.5. The molecule has 1 aromatic carbocycles. The molecule has 0 spiro atoms. The van der Waals surface area contributed by atoms with Gasteiger partial charge in [-0.1, -0.05) is 26.0 Å². The van der Waals surface area contributed by atoms with Gasteiger partial charge in [0.25, 0.3) is 0 Å². The maximum Gasteiger partial charge on any atom is 0.321 e. The first-order valence-electron chi connectivity index (χ1n) is 9.05. The number of amides is 3. The van der Waals surface area contributed by atoms with Gasteiger partial charge in [-0.25, -0.2) is 4.79 Å². The molecule has 1 aliphatic heterocycles. The lowest BCUT2D eigenvalue weighted by Crippen LogP contribution is -2.38. The third-order valence-electron chi connectivity index (χ3n) is 4.25. The lowest BCUT2D eigenvalue weighted by atomic mass is 10.2. The molecule has 6 nitrogen and oxygen atoms in total. The SMILES string of the molecule is CC(=O)NCc1ccc(NC(=O)N2CCCN(CC(C)C)CC2)cc1. The largest absolute Gasteiger partial charge is 0.352 e. The Labute approximate surface area is 150 Å². The van der Waals surface area contributed by atoms with Gasteiger partial charge in [-0.2, -0.15) is 0 Å². The molecule has 0 atom stereocenters. The molecule has 2 N–H and O–H groups in total. The molecular formula is C19H30N4O2. The molecule has 3 amide bonds. The van der Waals surface area contributed by atoms with Crippen molar-refractivity contribution in [2.75, 3.05) is 38.0 Å². The van der Waals surface area contributed by atoms with E-state index in [1.807, 2.05) is 29.2 Å². The Balaban J connectivity index is 1.83. The highest BCUT2D eigenvalue weighted by Crippen LogP contribution is 2.12. The summed E-state index contributed by atoms with van der Waals surface area (Å²) in [5.74, 6) is 0.599. The molecule has 0 aliphatic carbocycles. The molecule has 6 heteroatoms. The quantitative estimate of drug-likeness (QED) is 0.861. The number of carbonyl (C=O) groups excluding carboxylic acids is 2. The molecule has 1 aromatic rings. The zero-order valence-electron chi connectivity index (χ0n) is 15.5. The number of nitrogens with one attached hydrogen (secondary N) is 2. The van der Waals surface area contributed by atoms with Gasteiger partial charge < -0.3 is 20.4 Å². The minimum Gasteiger partial charge on any atom is -0.352 e. The van der Waals surface area contributed by atoms with E-state index < -0.39 is 0 Å². The lowest BCUT2D eigenvalue weighted by Gasteiger charge is -2.23. The van der Waals surface area contributed by atoms with Crippen LogP contribution in [0, 0.1) is 5.92 Å². The Hall–Kier alpha value is -2.08. The van der Waals surface area contributed by atoms with Gasteiger partial charge in [0.2, 0.25) is 5.91 Å². The van der Waals surface area contributed by atoms with Crippen molar-refractivity contribution in [1.29, 1.82) is 0 Å². The first-order chi connectivity index (χ1) is 11.9. The number of hydrogen-bond acceptors (Lipinski definition) is 3. The molecular weight excluding hydrogens is 316 g/mol. The van der Waals surface area contributed by atoms with Gasteiger partial charge >= 0.3 is 6.03 Å². The summed E-state index contributed by atoms with van der Waals surface area (Å²) >= 11 is 0. The summed E-state index contributed by atoms with van der Waals surface area (Å²) in [6.07, 6.45) is 1.01. The van der Waals surface area contributed by atoms with Crippen LogP contribution in [-0.2, 0) is 11.3 Å². The van der Waals surface area contributed by atoms with Gasteiger partial charge in [0, 0.05) is 45.3 Å². The number of urea groups is 1. The van der Waals surface area contributed by atoms with E-state index in [-0.39, 0.29) is 11.9 Å². The van der Waals surface area contributed by atoms with E-state index in [9.17, 15) is 9.59 Å². The van der Waals surface area contributed by atoms with Crippen molar-refractivity contribution in [3.63, 3.8) is 0 Å². The number of hydrogen-bond donors (Lipinski definition) is 2. The van der Waals surface area contributed by atoms with E-state index in [0.29, 0.717) is 12.5 Å². The molecule has 1 saturated heterocycles. The fourth-order valence-corrected chi connectivity index (χ4v) is 3.01. The van der Waals surface area contributed by atoms with E-state index in [1.54, 1.807) is 0 Å². The van der Waals surface area contributed by atoms with E-state index in [2.05, 4.69) is 29.4 Å². The summed E-state index contributed by atoms with van der Waals surface area (Å²) in [7, 11) is 0. The second-order valence-corrected chi connectivity index (χ2v) is 7.07. The molecule has 2 rings (SSSR count). The van der Waals surface area contributed by atoms with Gasteiger partial charge in [0.1, 0.15) is 0 Å². The van der Waals surface area contributed by atoms with Crippen LogP contribution in [-0.4, -0.2) is 54.5 Å². The zero-order chi connectivity index (χ0) is 18.2. The Bertz CT molecular complexity index is 571. The lowest BCUT2D eigenvalue weighted by molar-refractivity contribution is -0.119. The van der Waals surface area contributed by atoms with Gasteiger partial charge in [-0.3, -0.25) is 4.79 Å². The molecule has 1 fully saturated rings. The van der Waals surface area contributed by atoms with Crippen molar-refractivity contribution in [2.24, 2.45) is 5.92 Å². The van der Waals surface area contributed by atoms with Crippen LogP contribution in [0.4, 0.5) is 10.5 Å². The minimum absolute atomic E-state index is 0.0407. The molecule has 1 heterocycles. The van der Waals surface area contributed by atoms with E-state index >= 15 is 0 Å². The molecule has 0 radical (unpaired) electrons. The summed E-state index contributed by atoms with van der Waals surface area (Å²) in [4.78, 5) is 27.8. The molecule has 1 aliphatic rings. The van der Waals surface area contributed by atoms with Crippen LogP contribution in [0.3, 0.4) is 0 Å². The number of benzene rings is 1. The second-order valence-electron chi connectivity index (χ2n) is 7.07. The van der Waals surface area contributed by atoms with Gasteiger partial charge in [-0.05, 0) is 36.6 Å². The van der Waals surface area contributed by atoms with Crippen LogP contribution in [0.2, 0.25) is 0 Å². The highest BCUT2D eigenvalue weighted by atomic mass is 16.2. The topological polar surface area (TPSA) is 64.7 Å². The van der Waals surface area contributed by atoms with Crippen LogP contribution in [0.25, 0.3) is 0 Å². The van der Waals surface area contributed by atoms with E-state index in [4.69, 9.17) is 0 Å². The third-order valence-corrected chi connectivity index (χ3v) is 4.25. The van der Waals surface area contributed by atoms with E-state index in [1.165, 1.54) is 6.92 Å². The monoisotopic (exact) mass is 346 g/mol.